The summed E-state index contributed by atoms with van der Waals surface area (Å²) in [5, 5.41) is 13.9. The number of amides is 1. The second kappa shape index (κ2) is 4.83. The van der Waals surface area contributed by atoms with Gasteiger partial charge in [0.15, 0.2) is 0 Å². The van der Waals surface area contributed by atoms with Gasteiger partial charge in [-0.15, -0.1) is 0 Å². The van der Waals surface area contributed by atoms with E-state index in [9.17, 15) is 4.79 Å². The fraction of sp³-hybridized carbons (Fsp3) is 0.778. The molecule has 80 valence electrons. The van der Waals surface area contributed by atoms with Gasteiger partial charge in [-0.05, 0) is 25.2 Å². The number of hydrogen-bond acceptors (Lipinski definition) is 3. The number of amidine groups is 1. The van der Waals surface area contributed by atoms with Crippen molar-refractivity contribution < 1.29 is 10.0 Å². The molecule has 1 rings (SSSR count). The molecule has 0 spiro atoms. The molecule has 5 nitrogen and oxygen atoms in total. The minimum absolute atomic E-state index is 0.0264. The molecule has 0 aromatic carbocycles. The first-order valence-electron chi connectivity index (χ1n) is 4.87. The normalized spacial score (nSPS) is 27.6. The number of carbonyl (C=O) groups excluding carboxylic acids is 1. The monoisotopic (exact) mass is 199 g/mol. The highest BCUT2D eigenvalue weighted by atomic mass is 16.4. The molecule has 1 aliphatic rings. The zero-order chi connectivity index (χ0) is 10.6. The molecule has 0 aromatic rings. The Balaban J connectivity index is 2.27. The Morgan fingerprint density at radius 2 is 2.36 bits per heavy atom. The smallest absolute Gasteiger partial charge is 0.227 e. The van der Waals surface area contributed by atoms with Crippen LogP contribution in [0.3, 0.4) is 0 Å². The van der Waals surface area contributed by atoms with Crippen LogP contribution in [0.2, 0.25) is 0 Å². The van der Waals surface area contributed by atoms with Crippen molar-refractivity contribution in [3.63, 3.8) is 0 Å². The van der Waals surface area contributed by atoms with Gasteiger partial charge < -0.3 is 16.3 Å². The van der Waals surface area contributed by atoms with Gasteiger partial charge in [-0.2, -0.15) is 0 Å². The summed E-state index contributed by atoms with van der Waals surface area (Å²) in [4.78, 5) is 11.3. The van der Waals surface area contributed by atoms with Crippen LogP contribution >= 0.6 is 0 Å². The van der Waals surface area contributed by atoms with E-state index >= 15 is 0 Å². The number of oxime groups is 1. The third-order valence-electron chi connectivity index (χ3n) is 2.53. The summed E-state index contributed by atoms with van der Waals surface area (Å²) in [6.07, 6.45) is 3.20. The van der Waals surface area contributed by atoms with Crippen molar-refractivity contribution in [2.24, 2.45) is 16.8 Å². The van der Waals surface area contributed by atoms with Crippen molar-refractivity contribution in [1.82, 2.24) is 5.32 Å². The zero-order valence-corrected chi connectivity index (χ0v) is 8.36. The van der Waals surface area contributed by atoms with E-state index in [0.717, 1.165) is 19.3 Å². The minimum atomic E-state index is -0.167. The van der Waals surface area contributed by atoms with Gasteiger partial charge >= 0.3 is 0 Å². The lowest BCUT2D eigenvalue weighted by atomic mass is 10.1. The van der Waals surface area contributed by atoms with Gasteiger partial charge in [0.2, 0.25) is 5.91 Å². The number of nitrogens with zero attached hydrogens (tertiary/aromatic N) is 1. The molecule has 0 saturated heterocycles. The maximum absolute atomic E-state index is 11.3. The highest BCUT2D eigenvalue weighted by molar-refractivity contribution is 5.98. The molecule has 0 aliphatic heterocycles. The van der Waals surface area contributed by atoms with Crippen LogP contribution in [0.15, 0.2) is 5.16 Å². The van der Waals surface area contributed by atoms with Crippen molar-refractivity contribution >= 4 is 11.7 Å². The molecule has 2 unspecified atom stereocenters. The van der Waals surface area contributed by atoms with Crippen molar-refractivity contribution in [3.8, 4) is 0 Å². The van der Waals surface area contributed by atoms with E-state index in [1.54, 1.807) is 0 Å². The molecule has 0 bridgehead atoms. The summed E-state index contributed by atoms with van der Waals surface area (Å²) >= 11 is 0. The average Bonchev–Trinajstić information content (AvgIpc) is 2.50. The molecule has 0 heterocycles. The number of nitrogens with one attached hydrogen (secondary N) is 1. The summed E-state index contributed by atoms with van der Waals surface area (Å²) in [5.74, 6) is 0.470. The number of rotatable bonds is 3. The number of hydrogen-bond donors (Lipinski definition) is 3. The van der Waals surface area contributed by atoms with E-state index in [0.29, 0.717) is 5.92 Å². The number of nitrogens with two attached hydrogens (primary N) is 1. The van der Waals surface area contributed by atoms with Gasteiger partial charge in [-0.1, -0.05) is 12.1 Å². The first-order valence-corrected chi connectivity index (χ1v) is 4.87. The third kappa shape index (κ3) is 3.24. The quantitative estimate of drug-likeness (QED) is 0.266. The second-order valence-electron chi connectivity index (χ2n) is 3.95. The van der Waals surface area contributed by atoms with Crippen LogP contribution in [0.1, 0.15) is 32.6 Å². The third-order valence-corrected chi connectivity index (χ3v) is 2.53. The Morgan fingerprint density at radius 1 is 1.64 bits per heavy atom. The molecule has 1 fully saturated rings. The standard InChI is InChI=1S/C9H17N3O2/c1-6-2-3-7(4-6)11-9(13)5-8(10)12-14/h6-7,14H,2-5H2,1H3,(H2,10,12)(H,11,13). The summed E-state index contributed by atoms with van der Waals surface area (Å²) in [6.45, 7) is 2.18. The molecule has 2 atom stereocenters. The van der Waals surface area contributed by atoms with Gasteiger partial charge in [-0.25, -0.2) is 0 Å². The Hall–Kier alpha value is -1.26. The molecule has 4 N–H and O–H groups in total. The molecule has 1 saturated carbocycles. The molecule has 0 aromatic heterocycles. The Kier molecular flexibility index (Phi) is 3.73. The number of carbonyl (C=O) groups is 1. The molecular formula is C9H17N3O2. The van der Waals surface area contributed by atoms with E-state index in [4.69, 9.17) is 10.9 Å². The van der Waals surface area contributed by atoms with E-state index in [-0.39, 0.29) is 24.2 Å². The largest absolute Gasteiger partial charge is 0.409 e. The van der Waals surface area contributed by atoms with Crippen LogP contribution < -0.4 is 11.1 Å². The molecule has 1 amide bonds. The first kappa shape index (κ1) is 10.8. The Bertz CT molecular complexity index is 240. The first-order chi connectivity index (χ1) is 6.61. The second-order valence-corrected chi connectivity index (χ2v) is 3.95. The predicted molar refractivity (Wildman–Crippen MR) is 53.0 cm³/mol. The highest BCUT2D eigenvalue weighted by Gasteiger charge is 2.22. The molecule has 5 heteroatoms. The lowest BCUT2D eigenvalue weighted by molar-refractivity contribution is -0.120. The summed E-state index contributed by atoms with van der Waals surface area (Å²) < 4.78 is 0. The van der Waals surface area contributed by atoms with Crippen LogP contribution in [-0.2, 0) is 4.79 Å². The van der Waals surface area contributed by atoms with Crippen LogP contribution in [0.25, 0.3) is 0 Å². The minimum Gasteiger partial charge on any atom is -0.409 e. The van der Waals surface area contributed by atoms with Gasteiger partial charge in [0.25, 0.3) is 0 Å². The lowest BCUT2D eigenvalue weighted by Crippen LogP contribution is -2.35. The highest BCUT2D eigenvalue weighted by Crippen LogP contribution is 2.24. The van der Waals surface area contributed by atoms with Crippen molar-refractivity contribution in [2.75, 3.05) is 0 Å². The van der Waals surface area contributed by atoms with E-state index in [2.05, 4.69) is 17.4 Å². The van der Waals surface area contributed by atoms with Crippen LogP contribution in [0, 0.1) is 5.92 Å². The van der Waals surface area contributed by atoms with Gasteiger partial charge in [0.05, 0.1) is 6.42 Å². The molecule has 14 heavy (non-hydrogen) atoms. The van der Waals surface area contributed by atoms with E-state index < -0.39 is 0 Å². The average molecular weight is 199 g/mol. The summed E-state index contributed by atoms with van der Waals surface area (Å²) in [5.41, 5.74) is 5.21. The van der Waals surface area contributed by atoms with Crippen LogP contribution in [-0.4, -0.2) is 23.0 Å². The predicted octanol–water partition coefficient (Wildman–Crippen LogP) is 0.428. The van der Waals surface area contributed by atoms with E-state index in [1.165, 1.54) is 0 Å². The summed E-state index contributed by atoms with van der Waals surface area (Å²) in [7, 11) is 0. The van der Waals surface area contributed by atoms with Crippen LogP contribution in [0.5, 0.6) is 0 Å². The Morgan fingerprint density at radius 3 is 2.86 bits per heavy atom. The van der Waals surface area contributed by atoms with Crippen molar-refractivity contribution in [3.05, 3.63) is 0 Å². The zero-order valence-electron chi connectivity index (χ0n) is 8.36. The van der Waals surface area contributed by atoms with Gasteiger partial charge in [0, 0.05) is 6.04 Å². The maximum atomic E-state index is 11.3. The SMILES string of the molecule is CC1CCC(NC(=O)CC(N)=NO)C1. The summed E-state index contributed by atoms with van der Waals surface area (Å²) in [6, 6.07) is 0.268. The van der Waals surface area contributed by atoms with Gasteiger partial charge in [-0.3, -0.25) is 4.79 Å². The van der Waals surface area contributed by atoms with E-state index in [1.807, 2.05) is 0 Å². The maximum Gasteiger partial charge on any atom is 0.227 e. The molecule has 0 radical (unpaired) electrons. The Labute approximate surface area is 83.3 Å². The lowest BCUT2D eigenvalue weighted by Gasteiger charge is -2.11. The van der Waals surface area contributed by atoms with Gasteiger partial charge in [0.1, 0.15) is 5.84 Å². The molecule has 1 aliphatic carbocycles. The fourth-order valence-corrected chi connectivity index (χ4v) is 1.82. The topological polar surface area (TPSA) is 87.7 Å². The fourth-order valence-electron chi connectivity index (χ4n) is 1.82. The van der Waals surface area contributed by atoms with Crippen molar-refractivity contribution in [2.45, 2.75) is 38.6 Å². The van der Waals surface area contributed by atoms with Crippen LogP contribution in [0.4, 0.5) is 0 Å². The van der Waals surface area contributed by atoms with Crippen molar-refractivity contribution in [1.29, 1.82) is 0 Å². The molecular weight excluding hydrogens is 182 g/mol.